The Labute approximate surface area is 178 Å². The van der Waals surface area contributed by atoms with Crippen LogP contribution in [0.15, 0.2) is 54.9 Å². The lowest BCUT2D eigenvalue weighted by Gasteiger charge is -2.31. The first kappa shape index (κ1) is 19.6. The molecular formula is C22H23F2N7. The molecule has 4 heterocycles. The standard InChI is InChI=1S/C22H23F2N7/c1-29-15-18(13-25-29)26-21-27-20-4-2-3-19(31(20)28-21)17-7-5-16(6-8-17)14-30-11-9-22(23,24)10-12-30/h2-8,13,15H,9-12,14H2,1H3,(H,26,28). The van der Waals surface area contributed by atoms with Gasteiger partial charge in [-0.2, -0.15) is 10.1 Å². The lowest BCUT2D eigenvalue weighted by Crippen LogP contribution is -2.38. The summed E-state index contributed by atoms with van der Waals surface area (Å²) < 4.78 is 30.2. The van der Waals surface area contributed by atoms with Gasteiger partial charge in [-0.05, 0) is 17.7 Å². The fraction of sp³-hybridized carbons (Fsp3) is 0.318. The maximum absolute atomic E-state index is 13.4. The molecule has 0 radical (unpaired) electrons. The molecule has 160 valence electrons. The lowest BCUT2D eigenvalue weighted by molar-refractivity contribution is -0.0566. The van der Waals surface area contributed by atoms with Crippen LogP contribution in [0.2, 0.25) is 0 Å². The Hall–Kier alpha value is -3.33. The van der Waals surface area contributed by atoms with Crippen LogP contribution < -0.4 is 5.32 Å². The van der Waals surface area contributed by atoms with Crippen molar-refractivity contribution in [2.75, 3.05) is 18.4 Å². The molecule has 3 aromatic heterocycles. The molecule has 0 saturated carbocycles. The normalized spacial score (nSPS) is 16.6. The summed E-state index contributed by atoms with van der Waals surface area (Å²) in [5.41, 5.74) is 4.60. The van der Waals surface area contributed by atoms with Crippen molar-refractivity contribution in [1.29, 1.82) is 0 Å². The molecule has 1 N–H and O–H groups in total. The van der Waals surface area contributed by atoms with Gasteiger partial charge in [-0.25, -0.2) is 13.3 Å². The Kier molecular flexibility index (Phi) is 4.90. The van der Waals surface area contributed by atoms with Crippen molar-refractivity contribution >= 4 is 17.3 Å². The third-order valence-corrected chi connectivity index (χ3v) is 5.56. The molecule has 0 aliphatic carbocycles. The highest BCUT2D eigenvalue weighted by Gasteiger charge is 2.33. The molecule has 0 unspecified atom stereocenters. The van der Waals surface area contributed by atoms with Crippen LogP contribution in [-0.2, 0) is 13.6 Å². The molecule has 1 aliphatic heterocycles. The number of aromatic nitrogens is 5. The number of fused-ring (bicyclic) bond motifs is 1. The van der Waals surface area contributed by atoms with Gasteiger partial charge in [-0.3, -0.25) is 9.58 Å². The van der Waals surface area contributed by atoms with Crippen LogP contribution in [0.3, 0.4) is 0 Å². The zero-order valence-electron chi connectivity index (χ0n) is 17.2. The van der Waals surface area contributed by atoms with Crippen molar-refractivity contribution < 1.29 is 8.78 Å². The highest BCUT2D eigenvalue weighted by atomic mass is 19.3. The minimum absolute atomic E-state index is 0.0607. The minimum atomic E-state index is -2.51. The molecule has 1 aromatic carbocycles. The van der Waals surface area contributed by atoms with Crippen molar-refractivity contribution in [2.45, 2.75) is 25.3 Å². The van der Waals surface area contributed by atoms with Crippen LogP contribution >= 0.6 is 0 Å². The molecule has 1 aliphatic rings. The zero-order chi connectivity index (χ0) is 21.4. The molecule has 31 heavy (non-hydrogen) atoms. The van der Waals surface area contributed by atoms with E-state index in [1.165, 1.54) is 0 Å². The first-order valence-electron chi connectivity index (χ1n) is 10.3. The second kappa shape index (κ2) is 7.73. The van der Waals surface area contributed by atoms with E-state index in [1.54, 1.807) is 15.4 Å². The van der Waals surface area contributed by atoms with E-state index in [1.807, 2.05) is 55.7 Å². The summed E-state index contributed by atoms with van der Waals surface area (Å²) in [4.78, 5) is 6.63. The molecule has 0 spiro atoms. The van der Waals surface area contributed by atoms with Crippen molar-refractivity contribution in [3.8, 4) is 11.3 Å². The van der Waals surface area contributed by atoms with Gasteiger partial charge in [-0.15, -0.1) is 5.10 Å². The average Bonchev–Trinajstić information content (AvgIpc) is 3.35. The van der Waals surface area contributed by atoms with Gasteiger partial charge in [0.05, 0.1) is 17.6 Å². The summed E-state index contributed by atoms with van der Waals surface area (Å²) in [7, 11) is 1.85. The summed E-state index contributed by atoms with van der Waals surface area (Å²) in [6.45, 7) is 1.54. The summed E-state index contributed by atoms with van der Waals surface area (Å²) in [5.74, 6) is -2.01. The molecular weight excluding hydrogens is 400 g/mol. The smallest absolute Gasteiger partial charge is 0.250 e. The van der Waals surface area contributed by atoms with Gasteiger partial charge in [0.1, 0.15) is 0 Å². The van der Waals surface area contributed by atoms with E-state index in [0.29, 0.717) is 25.6 Å². The SMILES string of the molecule is Cn1cc(Nc2nc3cccc(-c4ccc(CN5CCC(F)(F)CC5)cc4)n3n2)cn1. The number of nitrogens with one attached hydrogen (secondary N) is 1. The number of hydrogen-bond donors (Lipinski definition) is 1. The Morgan fingerprint density at radius 2 is 1.84 bits per heavy atom. The number of likely N-dealkylation sites (tertiary alicyclic amines) is 1. The van der Waals surface area contributed by atoms with E-state index >= 15 is 0 Å². The van der Waals surface area contributed by atoms with Crippen LogP contribution in [-0.4, -0.2) is 48.3 Å². The number of pyridine rings is 1. The van der Waals surface area contributed by atoms with Crippen molar-refractivity contribution in [3.63, 3.8) is 0 Å². The van der Waals surface area contributed by atoms with Gasteiger partial charge in [0, 0.05) is 51.3 Å². The van der Waals surface area contributed by atoms with Gasteiger partial charge in [0.15, 0.2) is 5.65 Å². The highest BCUT2D eigenvalue weighted by molar-refractivity contribution is 5.64. The van der Waals surface area contributed by atoms with Gasteiger partial charge in [-0.1, -0.05) is 30.3 Å². The van der Waals surface area contributed by atoms with Gasteiger partial charge < -0.3 is 5.32 Å². The maximum Gasteiger partial charge on any atom is 0.250 e. The molecule has 0 amide bonds. The lowest BCUT2D eigenvalue weighted by atomic mass is 10.0. The summed E-state index contributed by atoms with van der Waals surface area (Å²) in [5, 5.41) is 11.9. The predicted octanol–water partition coefficient (Wildman–Crippen LogP) is 4.10. The minimum Gasteiger partial charge on any atom is -0.320 e. The molecule has 0 atom stereocenters. The van der Waals surface area contributed by atoms with Crippen LogP contribution in [0, 0.1) is 0 Å². The second-order valence-electron chi connectivity index (χ2n) is 7.97. The van der Waals surface area contributed by atoms with Gasteiger partial charge >= 0.3 is 0 Å². The Morgan fingerprint density at radius 1 is 1.06 bits per heavy atom. The number of piperidine rings is 1. The molecule has 1 fully saturated rings. The zero-order valence-corrected chi connectivity index (χ0v) is 17.2. The molecule has 0 bridgehead atoms. The third kappa shape index (κ3) is 4.27. The number of hydrogen-bond acceptors (Lipinski definition) is 5. The van der Waals surface area contributed by atoms with Gasteiger partial charge in [0.2, 0.25) is 5.95 Å². The second-order valence-corrected chi connectivity index (χ2v) is 7.97. The van der Waals surface area contributed by atoms with E-state index in [0.717, 1.165) is 28.2 Å². The monoisotopic (exact) mass is 423 g/mol. The van der Waals surface area contributed by atoms with E-state index < -0.39 is 5.92 Å². The van der Waals surface area contributed by atoms with Crippen molar-refractivity contribution in [3.05, 3.63) is 60.4 Å². The molecule has 5 rings (SSSR count). The molecule has 7 nitrogen and oxygen atoms in total. The number of alkyl halides is 2. The van der Waals surface area contributed by atoms with E-state index in [2.05, 4.69) is 25.4 Å². The number of halogens is 2. The van der Waals surface area contributed by atoms with Crippen LogP contribution in [0.1, 0.15) is 18.4 Å². The first-order chi connectivity index (χ1) is 14.9. The number of rotatable bonds is 5. The third-order valence-electron chi connectivity index (χ3n) is 5.56. The average molecular weight is 423 g/mol. The van der Waals surface area contributed by atoms with Crippen molar-refractivity contribution in [1.82, 2.24) is 29.3 Å². The predicted molar refractivity (Wildman–Crippen MR) is 114 cm³/mol. The quantitative estimate of drug-likeness (QED) is 0.524. The van der Waals surface area contributed by atoms with Crippen LogP contribution in [0.5, 0.6) is 0 Å². The van der Waals surface area contributed by atoms with Crippen molar-refractivity contribution in [2.24, 2.45) is 7.05 Å². The Balaban J connectivity index is 1.34. The van der Waals surface area contributed by atoms with E-state index in [9.17, 15) is 8.78 Å². The number of aryl methyl sites for hydroxylation is 1. The molecule has 1 saturated heterocycles. The first-order valence-corrected chi connectivity index (χ1v) is 10.3. The number of nitrogens with zero attached hydrogens (tertiary/aromatic N) is 6. The fourth-order valence-corrected chi connectivity index (χ4v) is 3.87. The Bertz CT molecular complexity index is 1190. The summed E-state index contributed by atoms with van der Waals surface area (Å²) >= 11 is 0. The topological polar surface area (TPSA) is 63.3 Å². The summed E-state index contributed by atoms with van der Waals surface area (Å²) in [6, 6.07) is 14.0. The van der Waals surface area contributed by atoms with E-state index in [-0.39, 0.29) is 12.8 Å². The maximum atomic E-state index is 13.4. The number of benzene rings is 1. The molecule has 9 heteroatoms. The fourth-order valence-electron chi connectivity index (χ4n) is 3.87. The summed E-state index contributed by atoms with van der Waals surface area (Å²) in [6.07, 6.45) is 3.45. The number of anilines is 2. The van der Waals surface area contributed by atoms with Crippen LogP contribution in [0.4, 0.5) is 20.4 Å². The van der Waals surface area contributed by atoms with Crippen LogP contribution in [0.25, 0.3) is 16.9 Å². The largest absolute Gasteiger partial charge is 0.320 e. The highest BCUT2D eigenvalue weighted by Crippen LogP contribution is 2.29. The van der Waals surface area contributed by atoms with Gasteiger partial charge in [0.25, 0.3) is 5.92 Å². The van der Waals surface area contributed by atoms with E-state index in [4.69, 9.17) is 0 Å². The Morgan fingerprint density at radius 3 is 2.55 bits per heavy atom. The molecule has 4 aromatic rings.